The van der Waals surface area contributed by atoms with E-state index in [2.05, 4.69) is 5.10 Å². The summed E-state index contributed by atoms with van der Waals surface area (Å²) in [5, 5.41) is 14.8. The number of benzene rings is 2. The van der Waals surface area contributed by atoms with Gasteiger partial charge >= 0.3 is 6.18 Å². The highest BCUT2D eigenvalue weighted by Gasteiger charge is 2.31. The van der Waals surface area contributed by atoms with Gasteiger partial charge in [0, 0.05) is 10.9 Å². The molecule has 0 aliphatic carbocycles. The van der Waals surface area contributed by atoms with Crippen molar-refractivity contribution in [3.63, 3.8) is 0 Å². The zero-order valence-corrected chi connectivity index (χ0v) is 13.1. The first-order valence-corrected chi connectivity index (χ1v) is 7.65. The maximum Gasteiger partial charge on any atom is 0.391 e. The molecule has 3 rings (SSSR count). The second-order valence-electron chi connectivity index (χ2n) is 5.72. The Bertz CT molecular complexity index is 936. The van der Waals surface area contributed by atoms with Crippen LogP contribution < -0.4 is 5.56 Å². The number of halogens is 3. The van der Waals surface area contributed by atoms with Crippen LogP contribution in [0.15, 0.2) is 59.4 Å². The van der Waals surface area contributed by atoms with Gasteiger partial charge in [0.2, 0.25) is 0 Å². The van der Waals surface area contributed by atoms with E-state index in [9.17, 15) is 23.1 Å². The molecule has 0 radical (unpaired) electrons. The lowest BCUT2D eigenvalue weighted by Gasteiger charge is -2.16. The fraction of sp³-hybridized carbons (Fsp3) is 0.222. The third-order valence-electron chi connectivity index (χ3n) is 3.77. The number of fused-ring (bicyclic) bond motifs is 1. The predicted octanol–water partition coefficient (Wildman–Crippen LogP) is 3.38. The number of hydrogen-bond acceptors (Lipinski definition) is 3. The Morgan fingerprint density at radius 2 is 1.60 bits per heavy atom. The zero-order valence-electron chi connectivity index (χ0n) is 13.1. The molecule has 1 atom stereocenters. The molecule has 0 spiro atoms. The first-order chi connectivity index (χ1) is 11.8. The van der Waals surface area contributed by atoms with Crippen LogP contribution in [0.25, 0.3) is 22.0 Å². The van der Waals surface area contributed by atoms with Gasteiger partial charge in [0.1, 0.15) is 0 Å². The summed E-state index contributed by atoms with van der Waals surface area (Å²) in [4.78, 5) is 12.5. The number of alkyl halides is 3. The van der Waals surface area contributed by atoms with Crippen LogP contribution in [0.4, 0.5) is 13.2 Å². The summed E-state index contributed by atoms with van der Waals surface area (Å²) in [5.74, 6) is 0. The molecule has 0 fully saturated rings. The van der Waals surface area contributed by atoms with Crippen molar-refractivity contribution in [1.82, 2.24) is 9.78 Å². The monoisotopic (exact) mass is 348 g/mol. The summed E-state index contributed by atoms with van der Waals surface area (Å²) in [5.41, 5.74) is 0.685. The maximum absolute atomic E-state index is 12.5. The second-order valence-corrected chi connectivity index (χ2v) is 5.72. The molecule has 0 saturated heterocycles. The molecule has 0 saturated carbocycles. The van der Waals surface area contributed by atoms with Gasteiger partial charge in [-0.2, -0.15) is 18.3 Å². The Balaban J connectivity index is 2.11. The van der Waals surface area contributed by atoms with Gasteiger partial charge in [0.05, 0.1) is 30.1 Å². The number of nitrogens with zero attached hydrogens (tertiary/aromatic N) is 2. The van der Waals surface area contributed by atoms with Crippen LogP contribution in [0, 0.1) is 0 Å². The first-order valence-electron chi connectivity index (χ1n) is 7.65. The lowest BCUT2D eigenvalue weighted by Crippen LogP contribution is -2.32. The average molecular weight is 348 g/mol. The molecule has 130 valence electrons. The van der Waals surface area contributed by atoms with Gasteiger partial charge in [-0.15, -0.1) is 0 Å². The highest BCUT2D eigenvalue weighted by Crippen LogP contribution is 2.25. The number of aliphatic hydroxyl groups excluding tert-OH is 1. The highest BCUT2D eigenvalue weighted by atomic mass is 19.4. The third-order valence-corrected chi connectivity index (χ3v) is 3.77. The van der Waals surface area contributed by atoms with Crippen molar-refractivity contribution in [3.05, 3.63) is 65.0 Å². The molecule has 0 bridgehead atoms. The molecule has 25 heavy (non-hydrogen) atoms. The van der Waals surface area contributed by atoms with E-state index in [0.717, 1.165) is 10.2 Å². The van der Waals surface area contributed by atoms with Crippen LogP contribution in [0.2, 0.25) is 0 Å². The topological polar surface area (TPSA) is 55.1 Å². The van der Waals surface area contributed by atoms with Crippen LogP contribution in [0.3, 0.4) is 0 Å². The summed E-state index contributed by atoms with van der Waals surface area (Å²) in [6, 6.07) is 15.8. The number of rotatable bonds is 4. The molecule has 1 aromatic heterocycles. The molecule has 0 aliphatic rings. The van der Waals surface area contributed by atoms with E-state index in [1.807, 2.05) is 6.07 Å². The Morgan fingerprint density at radius 1 is 1.00 bits per heavy atom. The largest absolute Gasteiger partial charge is 0.391 e. The van der Waals surface area contributed by atoms with E-state index in [1.54, 1.807) is 48.5 Å². The Kier molecular flexibility index (Phi) is 4.59. The quantitative estimate of drug-likeness (QED) is 0.786. The van der Waals surface area contributed by atoms with E-state index >= 15 is 0 Å². The zero-order chi connectivity index (χ0) is 18.0. The predicted molar refractivity (Wildman–Crippen MR) is 88.1 cm³/mol. The van der Waals surface area contributed by atoms with Crippen LogP contribution >= 0.6 is 0 Å². The molecule has 7 heteroatoms. The van der Waals surface area contributed by atoms with Crippen molar-refractivity contribution in [2.24, 2.45) is 0 Å². The molecular weight excluding hydrogens is 333 g/mol. The van der Waals surface area contributed by atoms with Crippen LogP contribution in [-0.4, -0.2) is 27.2 Å². The number of hydrogen-bond donors (Lipinski definition) is 1. The molecule has 1 N–H and O–H groups in total. The van der Waals surface area contributed by atoms with E-state index in [-0.39, 0.29) is 0 Å². The van der Waals surface area contributed by atoms with Crippen molar-refractivity contribution in [2.75, 3.05) is 0 Å². The number of aliphatic hydroxyl groups is 1. The third kappa shape index (κ3) is 3.88. The van der Waals surface area contributed by atoms with Crippen molar-refractivity contribution in [2.45, 2.75) is 25.2 Å². The Labute approximate surface area is 141 Å². The van der Waals surface area contributed by atoms with E-state index in [4.69, 9.17) is 0 Å². The summed E-state index contributed by atoms with van der Waals surface area (Å²) < 4.78 is 38.2. The van der Waals surface area contributed by atoms with Gasteiger partial charge in [0.25, 0.3) is 5.56 Å². The summed E-state index contributed by atoms with van der Waals surface area (Å²) in [6.45, 7) is -0.525. The second kappa shape index (κ2) is 6.68. The lowest BCUT2D eigenvalue weighted by molar-refractivity contribution is -0.155. The van der Waals surface area contributed by atoms with Gasteiger partial charge in [-0.1, -0.05) is 48.5 Å². The van der Waals surface area contributed by atoms with Crippen molar-refractivity contribution in [1.29, 1.82) is 0 Å². The SMILES string of the molecule is O=c1c2ccccc2c(-c2ccccc2)nn1C[C@H](O)CC(F)(F)F. The Morgan fingerprint density at radius 3 is 2.24 bits per heavy atom. The highest BCUT2D eigenvalue weighted by molar-refractivity contribution is 5.93. The molecule has 3 aromatic rings. The molecule has 0 unspecified atom stereocenters. The molecule has 1 heterocycles. The minimum absolute atomic E-state index is 0.343. The van der Waals surface area contributed by atoms with E-state index in [0.29, 0.717) is 16.5 Å². The molecule has 2 aromatic carbocycles. The fourth-order valence-corrected chi connectivity index (χ4v) is 2.70. The van der Waals surface area contributed by atoms with Crippen molar-refractivity contribution in [3.8, 4) is 11.3 Å². The van der Waals surface area contributed by atoms with E-state index < -0.39 is 30.8 Å². The van der Waals surface area contributed by atoms with E-state index in [1.165, 1.54) is 0 Å². The number of aromatic nitrogens is 2. The van der Waals surface area contributed by atoms with Gasteiger partial charge < -0.3 is 5.11 Å². The van der Waals surface area contributed by atoms with Crippen LogP contribution in [0.1, 0.15) is 6.42 Å². The average Bonchev–Trinajstić information content (AvgIpc) is 2.56. The standard InChI is InChI=1S/C18H15F3N2O2/c19-18(20,21)10-13(24)11-23-17(25)15-9-5-4-8-14(15)16(22-23)12-6-2-1-3-7-12/h1-9,13,24H,10-11H2/t13-/m1/s1. The molecule has 4 nitrogen and oxygen atoms in total. The minimum Gasteiger partial charge on any atom is -0.391 e. The summed E-state index contributed by atoms with van der Waals surface area (Å²) in [7, 11) is 0. The van der Waals surface area contributed by atoms with Gasteiger partial charge in [-0.3, -0.25) is 4.79 Å². The first kappa shape index (κ1) is 17.2. The van der Waals surface area contributed by atoms with Crippen molar-refractivity contribution < 1.29 is 18.3 Å². The maximum atomic E-state index is 12.5. The molecule has 0 aliphatic heterocycles. The lowest BCUT2D eigenvalue weighted by atomic mass is 10.1. The Hall–Kier alpha value is -2.67. The molecular formula is C18H15F3N2O2. The van der Waals surface area contributed by atoms with Crippen LogP contribution in [0.5, 0.6) is 0 Å². The van der Waals surface area contributed by atoms with Gasteiger partial charge in [0.15, 0.2) is 0 Å². The summed E-state index contributed by atoms with van der Waals surface area (Å²) >= 11 is 0. The summed E-state index contributed by atoms with van der Waals surface area (Å²) in [6.07, 6.45) is -7.65. The van der Waals surface area contributed by atoms with Crippen molar-refractivity contribution >= 4 is 10.8 Å². The fourth-order valence-electron chi connectivity index (χ4n) is 2.70. The van der Waals surface area contributed by atoms with Gasteiger partial charge in [-0.25, -0.2) is 4.68 Å². The van der Waals surface area contributed by atoms with Gasteiger partial charge in [-0.05, 0) is 6.07 Å². The normalized spacial score (nSPS) is 13.1. The van der Waals surface area contributed by atoms with Crippen LogP contribution in [-0.2, 0) is 6.54 Å². The minimum atomic E-state index is -4.51. The molecule has 0 amide bonds. The smallest absolute Gasteiger partial charge is 0.391 e.